The number of allylic oxidation sites excluding steroid dienone is 2. The van der Waals surface area contributed by atoms with Crippen LogP contribution in [-0.2, 0) is 14.3 Å². The summed E-state index contributed by atoms with van der Waals surface area (Å²) in [7, 11) is 0. The molecule has 344 valence electrons. The first-order valence-corrected chi connectivity index (χ1v) is 25.9. The SMILES string of the molecule is CCCCCCCC/C=C\CCCC(CC(=O)NC(CO)C(O)CCCCCCCCCCC)OC(=O)CCCCCCCCCCCCCCCCCCCCC. The van der Waals surface area contributed by atoms with Crippen LogP contribution in [0.3, 0.4) is 0 Å². The van der Waals surface area contributed by atoms with Crippen LogP contribution in [0.4, 0.5) is 0 Å². The number of aliphatic hydroxyl groups excluding tert-OH is 2. The van der Waals surface area contributed by atoms with Gasteiger partial charge in [-0.25, -0.2) is 0 Å². The Hall–Kier alpha value is -1.40. The average Bonchev–Trinajstić information content (AvgIpc) is 3.22. The van der Waals surface area contributed by atoms with Crippen molar-refractivity contribution in [3.05, 3.63) is 12.2 Å². The van der Waals surface area contributed by atoms with Gasteiger partial charge in [-0.1, -0.05) is 238 Å². The van der Waals surface area contributed by atoms with Crippen LogP contribution in [0.25, 0.3) is 0 Å². The van der Waals surface area contributed by atoms with Gasteiger partial charge in [-0.2, -0.15) is 0 Å². The molecule has 0 saturated carbocycles. The van der Waals surface area contributed by atoms with Gasteiger partial charge >= 0.3 is 5.97 Å². The van der Waals surface area contributed by atoms with Crippen molar-refractivity contribution in [1.82, 2.24) is 5.32 Å². The maximum absolute atomic E-state index is 13.1. The summed E-state index contributed by atoms with van der Waals surface area (Å²) in [6.07, 6.45) is 51.5. The Kier molecular flexibility index (Phi) is 45.5. The van der Waals surface area contributed by atoms with Gasteiger partial charge in [-0.3, -0.25) is 9.59 Å². The molecule has 0 rings (SSSR count). The maximum atomic E-state index is 13.1. The molecule has 0 aromatic rings. The molecule has 0 aliphatic rings. The van der Waals surface area contributed by atoms with Gasteiger partial charge in [0.2, 0.25) is 5.91 Å². The normalized spacial score (nSPS) is 13.3. The fourth-order valence-electron chi connectivity index (χ4n) is 8.14. The zero-order chi connectivity index (χ0) is 42.4. The number of hydrogen-bond acceptors (Lipinski definition) is 5. The molecule has 0 spiro atoms. The minimum Gasteiger partial charge on any atom is -0.462 e. The van der Waals surface area contributed by atoms with Gasteiger partial charge in [0.15, 0.2) is 0 Å². The molecule has 0 aliphatic carbocycles. The Bertz CT molecular complexity index is 878. The van der Waals surface area contributed by atoms with E-state index in [2.05, 4.69) is 38.2 Å². The van der Waals surface area contributed by atoms with Gasteiger partial charge < -0.3 is 20.3 Å². The van der Waals surface area contributed by atoms with E-state index in [9.17, 15) is 19.8 Å². The molecular formula is C52H101NO5. The summed E-state index contributed by atoms with van der Waals surface area (Å²) in [5.41, 5.74) is 0. The zero-order valence-corrected chi connectivity index (χ0v) is 39.2. The van der Waals surface area contributed by atoms with Crippen molar-refractivity contribution >= 4 is 11.9 Å². The molecular weight excluding hydrogens is 719 g/mol. The number of esters is 1. The minimum atomic E-state index is -0.786. The van der Waals surface area contributed by atoms with E-state index in [1.165, 1.54) is 180 Å². The lowest BCUT2D eigenvalue weighted by Crippen LogP contribution is -2.46. The molecule has 58 heavy (non-hydrogen) atoms. The summed E-state index contributed by atoms with van der Waals surface area (Å²) in [4.78, 5) is 26.1. The van der Waals surface area contributed by atoms with Gasteiger partial charge in [0, 0.05) is 6.42 Å². The van der Waals surface area contributed by atoms with Crippen molar-refractivity contribution in [3.63, 3.8) is 0 Å². The molecule has 0 aliphatic heterocycles. The lowest BCUT2D eigenvalue weighted by molar-refractivity contribution is -0.151. The molecule has 6 heteroatoms. The summed E-state index contributed by atoms with van der Waals surface area (Å²) in [5.74, 6) is -0.488. The Balaban J connectivity index is 4.43. The molecule has 0 fully saturated rings. The summed E-state index contributed by atoms with van der Waals surface area (Å²) in [5, 5.41) is 23.6. The van der Waals surface area contributed by atoms with E-state index < -0.39 is 18.2 Å². The lowest BCUT2D eigenvalue weighted by atomic mass is 10.0. The summed E-state index contributed by atoms with van der Waals surface area (Å²) < 4.78 is 5.91. The highest BCUT2D eigenvalue weighted by atomic mass is 16.5. The second-order valence-corrected chi connectivity index (χ2v) is 17.9. The summed E-state index contributed by atoms with van der Waals surface area (Å²) in [6, 6.07) is -0.702. The molecule has 0 saturated heterocycles. The molecule has 3 atom stereocenters. The fourth-order valence-corrected chi connectivity index (χ4v) is 8.14. The highest BCUT2D eigenvalue weighted by Crippen LogP contribution is 2.18. The second-order valence-electron chi connectivity index (χ2n) is 17.9. The highest BCUT2D eigenvalue weighted by Gasteiger charge is 2.24. The maximum Gasteiger partial charge on any atom is 0.306 e. The number of carbonyl (C=O) groups is 2. The van der Waals surface area contributed by atoms with Crippen LogP contribution in [0.1, 0.15) is 284 Å². The standard InChI is InChI=1S/C52H101NO5/c1-4-7-10-13-16-19-21-22-23-24-25-26-27-28-30-33-36-39-42-45-52(57)58-48(43-40-37-34-32-29-20-17-14-11-8-5-2)46-51(56)53-49(47-54)50(55)44-41-38-35-31-18-15-12-9-6-3/h32,34,48-50,54-55H,4-31,33,35-47H2,1-3H3,(H,53,56)/b34-32-. The number of aliphatic hydroxyl groups is 2. The highest BCUT2D eigenvalue weighted by molar-refractivity contribution is 5.77. The van der Waals surface area contributed by atoms with Crippen LogP contribution < -0.4 is 5.32 Å². The number of carbonyl (C=O) groups excluding carboxylic acids is 2. The van der Waals surface area contributed by atoms with E-state index in [0.717, 1.165) is 57.8 Å². The van der Waals surface area contributed by atoms with Gasteiger partial charge in [0.1, 0.15) is 6.10 Å². The third kappa shape index (κ3) is 41.3. The minimum absolute atomic E-state index is 0.0632. The number of ether oxygens (including phenoxy) is 1. The number of nitrogens with one attached hydrogen (secondary N) is 1. The van der Waals surface area contributed by atoms with Crippen LogP contribution in [0, 0.1) is 0 Å². The Morgan fingerprint density at radius 2 is 0.845 bits per heavy atom. The lowest BCUT2D eigenvalue weighted by Gasteiger charge is -2.24. The van der Waals surface area contributed by atoms with E-state index in [1.807, 2.05) is 0 Å². The van der Waals surface area contributed by atoms with Crippen molar-refractivity contribution in [3.8, 4) is 0 Å². The van der Waals surface area contributed by atoms with Crippen LogP contribution in [0.2, 0.25) is 0 Å². The van der Waals surface area contributed by atoms with E-state index in [4.69, 9.17) is 4.74 Å². The van der Waals surface area contributed by atoms with Crippen molar-refractivity contribution in [1.29, 1.82) is 0 Å². The smallest absolute Gasteiger partial charge is 0.306 e. The molecule has 0 heterocycles. The molecule has 6 nitrogen and oxygen atoms in total. The van der Waals surface area contributed by atoms with Gasteiger partial charge in [-0.05, 0) is 44.9 Å². The number of rotatable bonds is 47. The third-order valence-electron chi connectivity index (χ3n) is 12.1. The van der Waals surface area contributed by atoms with Gasteiger partial charge in [0.05, 0.1) is 25.2 Å². The van der Waals surface area contributed by atoms with E-state index in [0.29, 0.717) is 19.3 Å². The first-order chi connectivity index (χ1) is 28.5. The molecule has 3 unspecified atom stereocenters. The number of unbranched alkanes of at least 4 members (excludes halogenated alkanes) is 33. The first kappa shape index (κ1) is 56.6. The molecule has 0 radical (unpaired) electrons. The van der Waals surface area contributed by atoms with E-state index in [1.54, 1.807) is 0 Å². The molecule has 1 amide bonds. The largest absolute Gasteiger partial charge is 0.462 e. The summed E-state index contributed by atoms with van der Waals surface area (Å²) in [6.45, 7) is 6.47. The van der Waals surface area contributed by atoms with Gasteiger partial charge in [0.25, 0.3) is 0 Å². The quantitative estimate of drug-likeness (QED) is 0.0323. The fraction of sp³-hybridized carbons (Fsp3) is 0.923. The topological polar surface area (TPSA) is 95.9 Å². The monoisotopic (exact) mass is 820 g/mol. The van der Waals surface area contributed by atoms with E-state index in [-0.39, 0.29) is 24.9 Å². The van der Waals surface area contributed by atoms with Crippen LogP contribution in [-0.4, -0.2) is 46.9 Å². The third-order valence-corrected chi connectivity index (χ3v) is 12.1. The van der Waals surface area contributed by atoms with Crippen LogP contribution in [0.15, 0.2) is 12.2 Å². The second kappa shape index (κ2) is 46.7. The number of hydrogen-bond donors (Lipinski definition) is 3. The van der Waals surface area contributed by atoms with Crippen molar-refractivity contribution in [2.75, 3.05) is 6.61 Å². The first-order valence-electron chi connectivity index (χ1n) is 25.9. The zero-order valence-electron chi connectivity index (χ0n) is 39.2. The van der Waals surface area contributed by atoms with Gasteiger partial charge in [-0.15, -0.1) is 0 Å². The van der Waals surface area contributed by atoms with Crippen molar-refractivity contribution < 1.29 is 24.5 Å². The Labute approximate surface area is 361 Å². The molecule has 3 N–H and O–H groups in total. The predicted molar refractivity (Wildman–Crippen MR) is 250 cm³/mol. The van der Waals surface area contributed by atoms with Crippen molar-refractivity contribution in [2.45, 2.75) is 302 Å². The van der Waals surface area contributed by atoms with Crippen molar-refractivity contribution in [2.24, 2.45) is 0 Å². The molecule has 0 aromatic heterocycles. The van der Waals surface area contributed by atoms with E-state index >= 15 is 0 Å². The molecule has 0 aromatic carbocycles. The predicted octanol–water partition coefficient (Wildman–Crippen LogP) is 15.3. The van der Waals surface area contributed by atoms with Crippen LogP contribution >= 0.6 is 0 Å². The Morgan fingerprint density at radius 3 is 1.26 bits per heavy atom. The molecule has 0 bridgehead atoms. The summed E-state index contributed by atoms with van der Waals surface area (Å²) >= 11 is 0. The Morgan fingerprint density at radius 1 is 0.483 bits per heavy atom. The number of amides is 1. The van der Waals surface area contributed by atoms with Crippen LogP contribution in [0.5, 0.6) is 0 Å². The average molecular weight is 820 g/mol.